The number of hydrogen-bond donors (Lipinski definition) is 0. The quantitative estimate of drug-likeness (QED) is 0.359. The Kier molecular flexibility index (Phi) is 3.84. The molecule has 2 heterocycles. The summed E-state index contributed by atoms with van der Waals surface area (Å²) in [5, 5.41) is 10.6. The topological polar surface area (TPSA) is 94.3 Å². The van der Waals surface area contributed by atoms with E-state index in [1.807, 2.05) is 4.90 Å². The molecule has 0 bridgehead atoms. The highest BCUT2D eigenvalue weighted by Crippen LogP contribution is 2.19. The number of non-ortho nitro benzene ring substituents is 1. The van der Waals surface area contributed by atoms with Gasteiger partial charge >= 0.3 is 5.97 Å². The first kappa shape index (κ1) is 14.2. The minimum Gasteiger partial charge on any atom is -0.402 e. The van der Waals surface area contributed by atoms with E-state index in [9.17, 15) is 14.9 Å². The number of nitrogens with zero attached hydrogens (tertiary/aromatic N) is 3. The first-order valence-electron chi connectivity index (χ1n) is 6.73. The predicted octanol–water partition coefficient (Wildman–Crippen LogP) is 1.07. The Morgan fingerprint density at radius 1 is 1.23 bits per heavy atom. The van der Waals surface area contributed by atoms with Crippen LogP contribution in [0.1, 0.15) is 5.56 Å². The molecule has 0 unspecified atom stereocenters. The zero-order valence-electron chi connectivity index (χ0n) is 11.6. The first-order valence-corrected chi connectivity index (χ1v) is 6.73. The van der Waals surface area contributed by atoms with E-state index in [2.05, 4.69) is 4.99 Å². The van der Waals surface area contributed by atoms with Crippen LogP contribution in [-0.2, 0) is 14.3 Å². The lowest BCUT2D eigenvalue weighted by Crippen LogP contribution is -2.32. The highest BCUT2D eigenvalue weighted by molar-refractivity contribution is 6.11. The minimum atomic E-state index is -0.528. The molecule has 2 aliphatic heterocycles. The molecule has 1 aromatic rings. The largest absolute Gasteiger partial charge is 0.402 e. The second-order valence-corrected chi connectivity index (χ2v) is 4.77. The van der Waals surface area contributed by atoms with Gasteiger partial charge in [-0.15, -0.1) is 0 Å². The standard InChI is InChI=1S/C14H13N3O5/c18-14-12(9-16-5-7-21-8-6-16)15-13(22-14)10-1-3-11(4-2-10)17(19)20/h1-4,9H,5-8H2/b12-9+. The van der Waals surface area contributed by atoms with Crippen LogP contribution in [0.4, 0.5) is 5.69 Å². The molecule has 114 valence electrons. The van der Waals surface area contributed by atoms with Gasteiger partial charge in [-0.2, -0.15) is 0 Å². The number of benzene rings is 1. The number of rotatable bonds is 3. The molecule has 0 saturated carbocycles. The molecule has 1 fully saturated rings. The minimum absolute atomic E-state index is 0.0299. The van der Waals surface area contributed by atoms with Crippen LogP contribution >= 0.6 is 0 Å². The Hall–Kier alpha value is -2.74. The van der Waals surface area contributed by atoms with E-state index in [4.69, 9.17) is 9.47 Å². The molecule has 1 saturated heterocycles. The number of carbonyl (C=O) groups excluding carboxylic acids is 1. The van der Waals surface area contributed by atoms with Crippen molar-refractivity contribution < 1.29 is 19.2 Å². The SMILES string of the molecule is O=C1OC(c2ccc([N+](=O)[O-])cc2)=N/C1=C/N1CCOCC1. The second kappa shape index (κ2) is 5.94. The summed E-state index contributed by atoms with van der Waals surface area (Å²) in [7, 11) is 0. The number of esters is 1. The van der Waals surface area contributed by atoms with Gasteiger partial charge in [0, 0.05) is 37.0 Å². The van der Waals surface area contributed by atoms with E-state index in [1.54, 1.807) is 6.20 Å². The maximum atomic E-state index is 11.8. The predicted molar refractivity (Wildman–Crippen MR) is 76.2 cm³/mol. The van der Waals surface area contributed by atoms with Gasteiger partial charge in [0.15, 0.2) is 5.70 Å². The molecule has 0 amide bonds. The normalized spacial score (nSPS) is 20.0. The molecule has 0 radical (unpaired) electrons. The lowest BCUT2D eigenvalue weighted by molar-refractivity contribution is -0.384. The summed E-state index contributed by atoms with van der Waals surface area (Å²) in [4.78, 5) is 28.1. The Labute approximate surface area is 125 Å². The fraction of sp³-hybridized carbons (Fsp3) is 0.286. The summed E-state index contributed by atoms with van der Waals surface area (Å²) < 4.78 is 10.4. The van der Waals surface area contributed by atoms with Crippen molar-refractivity contribution in [1.29, 1.82) is 0 Å². The fourth-order valence-electron chi connectivity index (χ4n) is 2.13. The van der Waals surface area contributed by atoms with Crippen molar-refractivity contribution in [3.05, 3.63) is 51.8 Å². The summed E-state index contributed by atoms with van der Waals surface area (Å²) in [6.07, 6.45) is 1.66. The molecular weight excluding hydrogens is 290 g/mol. The molecule has 0 aromatic heterocycles. The molecule has 2 aliphatic rings. The van der Waals surface area contributed by atoms with Gasteiger partial charge in [-0.05, 0) is 12.1 Å². The van der Waals surface area contributed by atoms with Crippen molar-refractivity contribution in [3.63, 3.8) is 0 Å². The van der Waals surface area contributed by atoms with Crippen molar-refractivity contribution >= 4 is 17.6 Å². The Morgan fingerprint density at radius 3 is 2.55 bits per heavy atom. The zero-order valence-corrected chi connectivity index (χ0v) is 11.6. The number of aliphatic imine (C=N–C) groups is 1. The molecule has 8 heteroatoms. The average molecular weight is 303 g/mol. The summed E-state index contributed by atoms with van der Waals surface area (Å²) in [6, 6.07) is 5.69. The maximum Gasteiger partial charge on any atom is 0.365 e. The van der Waals surface area contributed by atoms with Crippen LogP contribution in [0, 0.1) is 10.1 Å². The molecule has 22 heavy (non-hydrogen) atoms. The Bertz CT molecular complexity index is 660. The number of cyclic esters (lactones) is 1. The number of carbonyl (C=O) groups is 1. The van der Waals surface area contributed by atoms with Crippen LogP contribution in [-0.4, -0.2) is 48.0 Å². The van der Waals surface area contributed by atoms with Crippen LogP contribution in [0.2, 0.25) is 0 Å². The van der Waals surface area contributed by atoms with Crippen molar-refractivity contribution in [2.45, 2.75) is 0 Å². The molecule has 0 spiro atoms. The molecule has 1 aromatic carbocycles. The van der Waals surface area contributed by atoms with E-state index < -0.39 is 10.9 Å². The molecule has 0 N–H and O–H groups in total. The van der Waals surface area contributed by atoms with E-state index in [1.165, 1.54) is 24.3 Å². The van der Waals surface area contributed by atoms with Gasteiger partial charge < -0.3 is 14.4 Å². The molecule has 0 aliphatic carbocycles. The molecular formula is C14H13N3O5. The van der Waals surface area contributed by atoms with Gasteiger partial charge in [0.05, 0.1) is 18.1 Å². The van der Waals surface area contributed by atoms with Crippen LogP contribution in [0.15, 0.2) is 41.2 Å². The van der Waals surface area contributed by atoms with Crippen molar-refractivity contribution in [3.8, 4) is 0 Å². The van der Waals surface area contributed by atoms with Crippen LogP contribution in [0.3, 0.4) is 0 Å². The number of ether oxygens (including phenoxy) is 2. The zero-order chi connectivity index (χ0) is 15.5. The summed E-state index contributed by atoms with van der Waals surface area (Å²) in [6.45, 7) is 2.60. The van der Waals surface area contributed by atoms with Gasteiger partial charge in [0.2, 0.25) is 5.90 Å². The summed E-state index contributed by atoms with van der Waals surface area (Å²) in [5.74, 6) is -0.376. The Balaban J connectivity index is 1.79. The van der Waals surface area contributed by atoms with Gasteiger partial charge in [0.1, 0.15) is 0 Å². The maximum absolute atomic E-state index is 11.8. The third kappa shape index (κ3) is 2.96. The number of hydrogen-bond acceptors (Lipinski definition) is 7. The molecule has 3 rings (SSSR count). The van der Waals surface area contributed by atoms with Gasteiger partial charge in [-0.25, -0.2) is 9.79 Å². The van der Waals surface area contributed by atoms with E-state index >= 15 is 0 Å². The average Bonchev–Trinajstić information content (AvgIpc) is 2.89. The third-order valence-electron chi connectivity index (χ3n) is 3.30. The summed E-state index contributed by atoms with van der Waals surface area (Å²) in [5.41, 5.74) is 0.706. The van der Waals surface area contributed by atoms with Crippen molar-refractivity contribution in [1.82, 2.24) is 4.90 Å². The summed E-state index contributed by atoms with van der Waals surface area (Å²) >= 11 is 0. The number of morpholine rings is 1. The molecule has 0 atom stereocenters. The highest BCUT2D eigenvalue weighted by Gasteiger charge is 2.25. The van der Waals surface area contributed by atoms with Crippen molar-refractivity contribution in [2.24, 2.45) is 4.99 Å². The Morgan fingerprint density at radius 2 is 1.91 bits per heavy atom. The van der Waals surface area contributed by atoms with E-state index in [-0.39, 0.29) is 17.3 Å². The smallest absolute Gasteiger partial charge is 0.365 e. The monoisotopic (exact) mass is 303 g/mol. The highest BCUT2D eigenvalue weighted by atomic mass is 16.6. The van der Waals surface area contributed by atoms with Crippen LogP contribution in [0.25, 0.3) is 0 Å². The lowest BCUT2D eigenvalue weighted by atomic mass is 10.2. The van der Waals surface area contributed by atoms with Gasteiger partial charge in [-0.3, -0.25) is 10.1 Å². The first-order chi connectivity index (χ1) is 10.6. The van der Waals surface area contributed by atoms with E-state index in [0.29, 0.717) is 31.9 Å². The fourth-order valence-corrected chi connectivity index (χ4v) is 2.13. The van der Waals surface area contributed by atoms with Crippen molar-refractivity contribution in [2.75, 3.05) is 26.3 Å². The second-order valence-electron chi connectivity index (χ2n) is 4.77. The lowest BCUT2D eigenvalue weighted by Gasteiger charge is -2.24. The van der Waals surface area contributed by atoms with Gasteiger partial charge in [-0.1, -0.05) is 0 Å². The van der Waals surface area contributed by atoms with E-state index in [0.717, 1.165) is 0 Å². The number of nitro benzene ring substituents is 1. The third-order valence-corrected chi connectivity index (χ3v) is 3.30. The molecule has 8 nitrogen and oxygen atoms in total. The van der Waals surface area contributed by atoms with Crippen LogP contribution in [0.5, 0.6) is 0 Å². The van der Waals surface area contributed by atoms with Gasteiger partial charge in [0.25, 0.3) is 5.69 Å². The number of nitro groups is 1. The van der Waals surface area contributed by atoms with Crippen LogP contribution < -0.4 is 0 Å².